The van der Waals surface area contributed by atoms with Crippen molar-refractivity contribution in [3.63, 3.8) is 0 Å². The van der Waals surface area contributed by atoms with Crippen LogP contribution in [0.15, 0.2) is 60.7 Å². The summed E-state index contributed by atoms with van der Waals surface area (Å²) in [5.74, 6) is 2.12. The number of benzene rings is 3. The zero-order valence-corrected chi connectivity index (χ0v) is 16.2. The van der Waals surface area contributed by atoms with Crippen LogP contribution in [0.4, 0.5) is 0 Å². The Labute approximate surface area is 168 Å². The Morgan fingerprint density at radius 3 is 2.52 bits per heavy atom. The lowest BCUT2D eigenvalue weighted by Gasteiger charge is -2.07. The predicted octanol–water partition coefficient (Wildman–Crippen LogP) is 5.23. The minimum Gasteiger partial charge on any atom is -0.493 e. The quantitative estimate of drug-likeness (QED) is 0.462. The van der Waals surface area contributed by atoms with Gasteiger partial charge in [0.1, 0.15) is 5.82 Å². The van der Waals surface area contributed by atoms with Gasteiger partial charge in [0.15, 0.2) is 17.8 Å². The molecule has 4 rings (SSSR count). The molecule has 5 nitrogen and oxygen atoms in total. The average Bonchev–Trinajstić information content (AvgIpc) is 3.19. The van der Waals surface area contributed by atoms with Gasteiger partial charge in [-0.15, -0.1) is 0 Å². The van der Waals surface area contributed by atoms with Gasteiger partial charge in [-0.3, -0.25) is 4.79 Å². The number of hydrogen-bond donors (Lipinski definition) is 1. The molecule has 0 bridgehead atoms. The molecule has 0 amide bonds. The highest BCUT2D eigenvalue weighted by molar-refractivity contribution is 5.91. The van der Waals surface area contributed by atoms with E-state index in [1.807, 2.05) is 72.8 Å². The number of methoxy groups -OCH3 is 2. The highest BCUT2D eigenvalue weighted by Gasteiger charge is 2.07. The van der Waals surface area contributed by atoms with Gasteiger partial charge in [0.25, 0.3) is 0 Å². The molecule has 0 spiro atoms. The number of nitrogens with one attached hydrogen (secondary N) is 1. The second kappa shape index (κ2) is 8.02. The number of ether oxygens (including phenoxy) is 2. The van der Waals surface area contributed by atoms with Crippen molar-refractivity contribution in [1.29, 1.82) is 0 Å². The molecule has 0 fully saturated rings. The zero-order valence-electron chi connectivity index (χ0n) is 16.2. The summed E-state index contributed by atoms with van der Waals surface area (Å²) in [5, 5.41) is 0. The Morgan fingerprint density at radius 1 is 0.897 bits per heavy atom. The number of hydrogen-bond acceptors (Lipinski definition) is 4. The molecule has 0 radical (unpaired) electrons. The van der Waals surface area contributed by atoms with Crippen molar-refractivity contribution in [2.24, 2.45) is 0 Å². The lowest BCUT2D eigenvalue weighted by molar-refractivity contribution is 0.112. The maximum Gasteiger partial charge on any atom is 0.161 e. The third-order valence-electron chi connectivity index (χ3n) is 4.74. The van der Waals surface area contributed by atoms with E-state index in [2.05, 4.69) is 9.97 Å². The fourth-order valence-corrected chi connectivity index (χ4v) is 3.27. The Morgan fingerprint density at radius 2 is 1.72 bits per heavy atom. The van der Waals surface area contributed by atoms with Gasteiger partial charge in [0, 0.05) is 5.56 Å². The second-order valence-corrected chi connectivity index (χ2v) is 6.51. The smallest absolute Gasteiger partial charge is 0.161 e. The molecule has 144 valence electrons. The van der Waals surface area contributed by atoms with Crippen LogP contribution in [0.3, 0.4) is 0 Å². The first-order valence-electron chi connectivity index (χ1n) is 9.16. The molecule has 0 unspecified atom stereocenters. The van der Waals surface area contributed by atoms with Gasteiger partial charge in [0.05, 0.1) is 25.3 Å². The molecular weight excluding hydrogens is 364 g/mol. The maximum atomic E-state index is 11.3. The highest BCUT2D eigenvalue weighted by Crippen LogP contribution is 2.29. The van der Waals surface area contributed by atoms with E-state index in [4.69, 9.17) is 9.47 Å². The predicted molar refractivity (Wildman–Crippen MR) is 115 cm³/mol. The molecule has 0 aliphatic heterocycles. The fourth-order valence-electron chi connectivity index (χ4n) is 3.27. The molecule has 0 aliphatic rings. The number of imidazole rings is 1. The van der Waals surface area contributed by atoms with E-state index in [-0.39, 0.29) is 0 Å². The molecule has 0 saturated heterocycles. The standard InChI is InChI=1S/C24H20N2O3/c1-28-22-11-7-16(13-23(22)29-2)8-12-24-25-20-10-9-17(14-21(20)26-24)19-6-4-3-5-18(19)15-27/h3-15H,1-2H3,(H,25,26). The first-order chi connectivity index (χ1) is 14.2. The summed E-state index contributed by atoms with van der Waals surface area (Å²) in [6.07, 6.45) is 4.76. The highest BCUT2D eigenvalue weighted by atomic mass is 16.5. The van der Waals surface area contributed by atoms with Gasteiger partial charge >= 0.3 is 0 Å². The van der Waals surface area contributed by atoms with Crippen LogP contribution in [-0.2, 0) is 0 Å². The topological polar surface area (TPSA) is 64.2 Å². The van der Waals surface area contributed by atoms with Crippen molar-refractivity contribution in [2.75, 3.05) is 14.2 Å². The van der Waals surface area contributed by atoms with E-state index in [9.17, 15) is 4.79 Å². The first kappa shape index (κ1) is 18.5. The fraction of sp³-hybridized carbons (Fsp3) is 0.0833. The number of aromatic amines is 1. The average molecular weight is 384 g/mol. The van der Waals surface area contributed by atoms with E-state index in [1.165, 1.54) is 0 Å². The Balaban J connectivity index is 1.64. The van der Waals surface area contributed by atoms with Crippen LogP contribution in [0.25, 0.3) is 34.3 Å². The second-order valence-electron chi connectivity index (χ2n) is 6.51. The lowest BCUT2D eigenvalue weighted by Crippen LogP contribution is -1.90. The van der Waals surface area contributed by atoms with Crippen LogP contribution in [0.2, 0.25) is 0 Å². The summed E-state index contributed by atoms with van der Waals surface area (Å²) in [5.41, 5.74) is 5.30. The van der Waals surface area contributed by atoms with Gasteiger partial charge in [-0.1, -0.05) is 42.5 Å². The van der Waals surface area contributed by atoms with Gasteiger partial charge < -0.3 is 14.5 Å². The number of H-pyrrole nitrogens is 1. The van der Waals surface area contributed by atoms with Gasteiger partial charge in [-0.2, -0.15) is 0 Å². The summed E-state index contributed by atoms with van der Waals surface area (Å²) in [6.45, 7) is 0. The number of rotatable bonds is 6. The summed E-state index contributed by atoms with van der Waals surface area (Å²) < 4.78 is 10.6. The number of carbonyl (C=O) groups excluding carboxylic acids is 1. The van der Waals surface area contributed by atoms with Crippen molar-refractivity contribution in [1.82, 2.24) is 9.97 Å². The number of aromatic nitrogens is 2. The monoisotopic (exact) mass is 384 g/mol. The first-order valence-corrected chi connectivity index (χ1v) is 9.16. The summed E-state index contributed by atoms with van der Waals surface area (Å²) in [7, 11) is 3.23. The summed E-state index contributed by atoms with van der Waals surface area (Å²) >= 11 is 0. The molecule has 3 aromatic carbocycles. The number of fused-ring (bicyclic) bond motifs is 1. The third-order valence-corrected chi connectivity index (χ3v) is 4.74. The maximum absolute atomic E-state index is 11.3. The van der Waals surface area contributed by atoms with Crippen molar-refractivity contribution in [2.45, 2.75) is 0 Å². The van der Waals surface area contributed by atoms with E-state index in [1.54, 1.807) is 14.2 Å². The van der Waals surface area contributed by atoms with Crippen LogP contribution in [0.5, 0.6) is 11.5 Å². The van der Waals surface area contributed by atoms with Crippen LogP contribution in [-0.4, -0.2) is 30.5 Å². The molecule has 0 atom stereocenters. The van der Waals surface area contributed by atoms with Crippen LogP contribution in [0, 0.1) is 0 Å². The van der Waals surface area contributed by atoms with Crippen LogP contribution < -0.4 is 9.47 Å². The number of carbonyl (C=O) groups is 1. The van der Waals surface area contributed by atoms with Gasteiger partial charge in [-0.25, -0.2) is 4.98 Å². The van der Waals surface area contributed by atoms with Crippen LogP contribution >= 0.6 is 0 Å². The largest absolute Gasteiger partial charge is 0.493 e. The molecule has 1 N–H and O–H groups in total. The van der Waals surface area contributed by atoms with Crippen molar-refractivity contribution in [3.05, 3.63) is 77.6 Å². The number of aldehydes is 1. The molecule has 0 aliphatic carbocycles. The van der Waals surface area contributed by atoms with E-state index in [0.29, 0.717) is 17.1 Å². The van der Waals surface area contributed by atoms with Gasteiger partial charge in [-0.05, 0) is 47.0 Å². The molecule has 1 aromatic heterocycles. The Kier molecular flexibility index (Phi) is 5.12. The van der Waals surface area contributed by atoms with Gasteiger partial charge in [0.2, 0.25) is 0 Å². The number of nitrogens with zero attached hydrogens (tertiary/aromatic N) is 1. The molecular formula is C24H20N2O3. The molecule has 4 aromatic rings. The van der Waals surface area contributed by atoms with Crippen molar-refractivity contribution in [3.8, 4) is 22.6 Å². The van der Waals surface area contributed by atoms with Crippen molar-refractivity contribution >= 4 is 29.5 Å². The van der Waals surface area contributed by atoms with E-state index < -0.39 is 0 Å². The molecule has 0 saturated carbocycles. The summed E-state index contributed by atoms with van der Waals surface area (Å²) in [6, 6.07) is 19.2. The third kappa shape index (κ3) is 3.75. The molecule has 5 heteroatoms. The zero-order chi connectivity index (χ0) is 20.2. The Bertz CT molecular complexity index is 1210. The molecule has 1 heterocycles. The minimum atomic E-state index is 0.667. The Hall–Kier alpha value is -3.86. The van der Waals surface area contributed by atoms with Crippen molar-refractivity contribution < 1.29 is 14.3 Å². The van der Waals surface area contributed by atoms with Crippen LogP contribution in [0.1, 0.15) is 21.7 Å². The van der Waals surface area contributed by atoms with E-state index in [0.717, 1.165) is 39.8 Å². The normalized spacial score (nSPS) is 11.1. The lowest BCUT2D eigenvalue weighted by atomic mass is 10.0. The van der Waals surface area contributed by atoms with E-state index >= 15 is 0 Å². The minimum absolute atomic E-state index is 0.667. The molecule has 29 heavy (non-hydrogen) atoms. The SMILES string of the molecule is COc1ccc(C=Cc2nc3ccc(-c4ccccc4C=O)cc3[nH]2)cc1OC. The summed E-state index contributed by atoms with van der Waals surface area (Å²) in [4.78, 5) is 19.3.